The molecule has 0 spiro atoms. The maximum absolute atomic E-state index is 10.8. The van der Waals surface area contributed by atoms with Crippen molar-refractivity contribution in [1.29, 1.82) is 0 Å². The first-order valence-electron chi connectivity index (χ1n) is 8.26. The molecule has 4 nitrogen and oxygen atoms in total. The van der Waals surface area contributed by atoms with Crippen LogP contribution in [-0.2, 0) is 6.42 Å². The zero-order chi connectivity index (χ0) is 15.5. The fourth-order valence-corrected chi connectivity index (χ4v) is 5.60. The highest BCUT2D eigenvalue weighted by atomic mass is 16.4. The van der Waals surface area contributed by atoms with Gasteiger partial charge < -0.3 is 15.4 Å². The Hall–Kier alpha value is -1.55. The van der Waals surface area contributed by atoms with Gasteiger partial charge in [-0.15, -0.1) is 0 Å². The minimum Gasteiger partial charge on any atom is -0.508 e. The Balaban J connectivity index is 1.77. The number of hydrogen-bond donors (Lipinski definition) is 3. The molecule has 3 aliphatic carbocycles. The summed E-state index contributed by atoms with van der Waals surface area (Å²) in [6.45, 7) is 2.16. The van der Waals surface area contributed by atoms with Gasteiger partial charge in [0.25, 0.3) is 0 Å². The number of oxime groups is 1. The topological polar surface area (TPSA) is 73.0 Å². The lowest BCUT2D eigenvalue weighted by Crippen LogP contribution is -2.49. The van der Waals surface area contributed by atoms with Gasteiger partial charge in [0.05, 0.1) is 11.8 Å². The largest absolute Gasteiger partial charge is 0.508 e. The molecule has 0 radical (unpaired) electrons. The Labute approximate surface area is 130 Å². The third kappa shape index (κ3) is 1.76. The molecule has 0 amide bonds. The quantitative estimate of drug-likeness (QED) is 0.509. The molecule has 3 N–H and O–H groups in total. The number of benzene rings is 1. The third-order valence-electron chi connectivity index (χ3n) is 6.55. The molecule has 1 aromatic carbocycles. The molecule has 3 aliphatic rings. The molecular formula is C18H23NO3. The van der Waals surface area contributed by atoms with Crippen LogP contribution in [0.4, 0.5) is 0 Å². The summed E-state index contributed by atoms with van der Waals surface area (Å²) in [5, 5.41) is 33.4. The monoisotopic (exact) mass is 301 g/mol. The van der Waals surface area contributed by atoms with Crippen LogP contribution >= 0.6 is 0 Å². The van der Waals surface area contributed by atoms with Crippen LogP contribution < -0.4 is 0 Å². The van der Waals surface area contributed by atoms with Gasteiger partial charge in [-0.25, -0.2) is 0 Å². The second-order valence-corrected chi connectivity index (χ2v) is 7.49. The van der Waals surface area contributed by atoms with Crippen LogP contribution in [0.15, 0.2) is 23.4 Å². The third-order valence-corrected chi connectivity index (χ3v) is 6.55. The standard InChI is InChI=1S/C18H23NO3/c1-18-9-15(21)17-12-5-3-11(20)8-10(12)2-4-13(17)14(18)6-7-16(18)19-22/h3,5,8,13-15,17,20-22H,2,4,6-7,9H2,1H3/b19-16-/t13?,14?,15-,17?,18-/m0/s1. The lowest BCUT2D eigenvalue weighted by atomic mass is 9.54. The molecule has 0 aliphatic heterocycles. The van der Waals surface area contributed by atoms with Gasteiger partial charge in [-0.1, -0.05) is 18.1 Å². The van der Waals surface area contributed by atoms with Crippen molar-refractivity contribution in [1.82, 2.24) is 0 Å². The van der Waals surface area contributed by atoms with Crippen LogP contribution in [0.3, 0.4) is 0 Å². The first-order chi connectivity index (χ1) is 10.5. The fraction of sp³-hybridized carbons (Fsp3) is 0.611. The number of fused-ring (bicyclic) bond motifs is 5. The van der Waals surface area contributed by atoms with Crippen LogP contribution in [0.5, 0.6) is 5.75 Å². The Morgan fingerprint density at radius 1 is 1.23 bits per heavy atom. The lowest BCUT2D eigenvalue weighted by Gasteiger charge is -2.51. The van der Waals surface area contributed by atoms with Crippen LogP contribution in [0.2, 0.25) is 0 Å². The SMILES string of the molecule is C[C@]12C[C@H](O)C3c4ccc(O)cc4CCC3C1CC/C2=N/O. The van der Waals surface area contributed by atoms with Crippen LogP contribution in [0.1, 0.15) is 49.7 Å². The molecule has 2 fully saturated rings. The van der Waals surface area contributed by atoms with Gasteiger partial charge in [0.15, 0.2) is 0 Å². The molecule has 4 rings (SSSR count). The summed E-state index contributed by atoms with van der Waals surface area (Å²) in [6, 6.07) is 5.57. The second-order valence-electron chi connectivity index (χ2n) is 7.49. The van der Waals surface area contributed by atoms with Crippen molar-refractivity contribution in [2.75, 3.05) is 0 Å². The number of aliphatic hydroxyl groups is 1. The number of aryl methyl sites for hydroxylation is 1. The van der Waals surface area contributed by atoms with Gasteiger partial charge in [-0.2, -0.15) is 0 Å². The summed E-state index contributed by atoms with van der Waals surface area (Å²) in [4.78, 5) is 0. The summed E-state index contributed by atoms with van der Waals surface area (Å²) in [5.74, 6) is 1.38. The second kappa shape index (κ2) is 4.72. The zero-order valence-corrected chi connectivity index (χ0v) is 12.9. The number of aromatic hydroxyl groups is 1. The van der Waals surface area contributed by atoms with E-state index in [1.807, 2.05) is 12.1 Å². The summed E-state index contributed by atoms with van der Waals surface area (Å²) in [7, 11) is 0. The van der Waals surface area contributed by atoms with Crippen LogP contribution in [0.25, 0.3) is 0 Å². The highest BCUT2D eigenvalue weighted by molar-refractivity contribution is 5.92. The zero-order valence-electron chi connectivity index (χ0n) is 12.9. The van der Waals surface area contributed by atoms with Gasteiger partial charge in [0.1, 0.15) is 5.75 Å². The summed E-state index contributed by atoms with van der Waals surface area (Å²) in [6.07, 6.45) is 4.14. The number of nitrogens with zero attached hydrogens (tertiary/aromatic N) is 1. The summed E-state index contributed by atoms with van der Waals surface area (Å²) in [5.41, 5.74) is 3.09. The van der Waals surface area contributed by atoms with E-state index in [4.69, 9.17) is 0 Å². The predicted molar refractivity (Wildman–Crippen MR) is 83.3 cm³/mol. The van der Waals surface area contributed by atoms with E-state index in [1.165, 1.54) is 11.1 Å². The number of hydrogen-bond acceptors (Lipinski definition) is 4. The highest BCUT2D eigenvalue weighted by Gasteiger charge is 2.56. The molecule has 0 heterocycles. The van der Waals surface area contributed by atoms with E-state index >= 15 is 0 Å². The minimum atomic E-state index is -0.412. The summed E-state index contributed by atoms with van der Waals surface area (Å²) >= 11 is 0. The molecule has 2 saturated carbocycles. The smallest absolute Gasteiger partial charge is 0.115 e. The maximum atomic E-state index is 10.8. The molecule has 3 unspecified atom stereocenters. The number of rotatable bonds is 0. The average molecular weight is 301 g/mol. The Kier molecular flexibility index (Phi) is 3.02. The molecule has 22 heavy (non-hydrogen) atoms. The van der Waals surface area contributed by atoms with Crippen LogP contribution in [-0.4, -0.2) is 27.2 Å². The van der Waals surface area contributed by atoms with Gasteiger partial charge in [0.2, 0.25) is 0 Å². The molecule has 0 saturated heterocycles. The van der Waals surface area contributed by atoms with Gasteiger partial charge in [-0.05, 0) is 67.2 Å². The van der Waals surface area contributed by atoms with E-state index in [2.05, 4.69) is 12.1 Å². The van der Waals surface area contributed by atoms with Crippen LogP contribution in [0, 0.1) is 17.3 Å². The van der Waals surface area contributed by atoms with Crippen molar-refractivity contribution in [3.63, 3.8) is 0 Å². The van der Waals surface area contributed by atoms with Gasteiger partial charge in [-0.3, -0.25) is 0 Å². The predicted octanol–water partition coefficient (Wildman–Crippen LogP) is 3.05. The highest BCUT2D eigenvalue weighted by Crippen LogP contribution is 2.59. The normalized spacial score (nSPS) is 41.8. The van der Waals surface area contributed by atoms with Crippen molar-refractivity contribution in [3.8, 4) is 5.75 Å². The van der Waals surface area contributed by atoms with Gasteiger partial charge >= 0.3 is 0 Å². The molecule has 4 heteroatoms. The van der Waals surface area contributed by atoms with Gasteiger partial charge in [0, 0.05) is 11.3 Å². The van der Waals surface area contributed by atoms with E-state index < -0.39 is 6.10 Å². The fourth-order valence-electron chi connectivity index (χ4n) is 5.60. The Morgan fingerprint density at radius 3 is 2.82 bits per heavy atom. The first-order valence-corrected chi connectivity index (χ1v) is 8.26. The van der Waals surface area contributed by atoms with Crippen molar-refractivity contribution in [2.45, 2.75) is 51.0 Å². The van der Waals surface area contributed by atoms with Crippen molar-refractivity contribution in [3.05, 3.63) is 29.3 Å². The van der Waals surface area contributed by atoms with E-state index in [-0.39, 0.29) is 11.3 Å². The Bertz CT molecular complexity index is 641. The van der Waals surface area contributed by atoms with E-state index in [9.17, 15) is 15.4 Å². The maximum Gasteiger partial charge on any atom is 0.115 e. The molecule has 0 aromatic heterocycles. The lowest BCUT2D eigenvalue weighted by molar-refractivity contribution is -0.0158. The van der Waals surface area contributed by atoms with Crippen molar-refractivity contribution in [2.24, 2.45) is 22.4 Å². The first kappa shape index (κ1) is 14.1. The Morgan fingerprint density at radius 2 is 2.05 bits per heavy atom. The molecule has 118 valence electrons. The van der Waals surface area contributed by atoms with E-state index in [1.54, 1.807) is 6.07 Å². The van der Waals surface area contributed by atoms with Crippen molar-refractivity contribution >= 4 is 5.71 Å². The summed E-state index contributed by atoms with van der Waals surface area (Å²) < 4.78 is 0. The molecule has 1 aromatic rings. The van der Waals surface area contributed by atoms with Crippen molar-refractivity contribution < 1.29 is 15.4 Å². The molecule has 5 atom stereocenters. The molecule has 0 bridgehead atoms. The number of phenolic OH excluding ortho intramolecular Hbond substituents is 1. The molecular weight excluding hydrogens is 278 g/mol. The number of phenols is 1. The average Bonchev–Trinajstić information content (AvgIpc) is 2.82. The minimum absolute atomic E-state index is 0.153. The van der Waals surface area contributed by atoms with E-state index in [0.29, 0.717) is 24.0 Å². The number of aliphatic hydroxyl groups excluding tert-OH is 1. The van der Waals surface area contributed by atoms with E-state index in [0.717, 1.165) is 31.4 Å².